The van der Waals surface area contributed by atoms with Gasteiger partial charge in [-0.25, -0.2) is 0 Å². The summed E-state index contributed by atoms with van der Waals surface area (Å²) in [5, 5.41) is 0. The fourth-order valence-electron chi connectivity index (χ4n) is 3.11. The van der Waals surface area contributed by atoms with Crippen LogP contribution in [-0.2, 0) is 9.24 Å². The Morgan fingerprint density at radius 1 is 0.778 bits per heavy atom. The summed E-state index contributed by atoms with van der Waals surface area (Å²) in [6.45, 7) is 0. The van der Waals surface area contributed by atoms with Crippen LogP contribution in [0.15, 0.2) is 72.8 Å². The molecule has 0 saturated carbocycles. The molecule has 0 saturated heterocycles. The Morgan fingerprint density at radius 2 is 1.30 bits per heavy atom. The molecule has 3 aromatic rings. The molecule has 0 radical (unpaired) electrons. The summed E-state index contributed by atoms with van der Waals surface area (Å²) >= 11 is -0.152. The van der Waals surface area contributed by atoms with E-state index in [-0.39, 0.29) is 20.9 Å². The zero-order valence-electron chi connectivity index (χ0n) is 15.0. The first kappa shape index (κ1) is 17.7. The van der Waals surface area contributed by atoms with Gasteiger partial charge in [-0.1, -0.05) is 0 Å². The van der Waals surface area contributed by atoms with E-state index in [1.54, 1.807) is 14.2 Å². The number of cyclic esters (lactones) is 1. The maximum atomic E-state index is 12.8. The molecule has 0 bridgehead atoms. The van der Waals surface area contributed by atoms with E-state index in [0.29, 0.717) is 5.56 Å². The van der Waals surface area contributed by atoms with Crippen LogP contribution in [0, 0.1) is 0 Å². The number of carbonyl (C=O) groups excluding carboxylic acids is 1. The van der Waals surface area contributed by atoms with Gasteiger partial charge in [-0.3, -0.25) is 0 Å². The minimum atomic E-state index is -0.836. The molecule has 0 spiro atoms. The molecule has 0 amide bonds. The predicted octanol–water partition coefficient (Wildman–Crippen LogP) is 3.11. The third-order valence-corrected chi connectivity index (χ3v) is 7.51. The van der Waals surface area contributed by atoms with E-state index in [0.717, 1.165) is 27.1 Å². The van der Waals surface area contributed by atoms with Crippen molar-refractivity contribution in [2.45, 2.75) is 4.50 Å². The summed E-state index contributed by atoms with van der Waals surface area (Å²) in [5.74, 6) is 1.22. The number of methoxy groups -OCH3 is 2. The maximum absolute atomic E-state index is 12.8. The number of ether oxygens (including phenoxy) is 3. The van der Waals surface area contributed by atoms with Crippen molar-refractivity contribution >= 4 is 25.4 Å². The van der Waals surface area contributed by atoms with E-state index in [9.17, 15) is 4.79 Å². The van der Waals surface area contributed by atoms with E-state index in [1.165, 1.54) is 0 Å². The Balaban J connectivity index is 1.88. The Bertz CT molecular complexity index is 917. The molecule has 1 aliphatic rings. The number of esters is 1. The predicted molar refractivity (Wildman–Crippen MR) is 104 cm³/mol. The van der Waals surface area contributed by atoms with E-state index in [1.807, 2.05) is 72.8 Å². The molecule has 4 rings (SSSR count). The van der Waals surface area contributed by atoms with Gasteiger partial charge in [0.05, 0.1) is 0 Å². The summed E-state index contributed by atoms with van der Waals surface area (Å²) < 4.78 is 16.9. The number of hydrogen-bond donors (Lipinski definition) is 0. The first-order valence-corrected chi connectivity index (χ1v) is 10.2. The number of carbonyl (C=O) groups is 1. The fourth-order valence-corrected chi connectivity index (χ4v) is 5.93. The minimum absolute atomic E-state index is 0.152. The molecule has 136 valence electrons. The monoisotopic (exact) mass is 426 g/mol. The van der Waals surface area contributed by atoms with Crippen molar-refractivity contribution in [3.05, 3.63) is 89.5 Å². The molecule has 0 aromatic heterocycles. The summed E-state index contributed by atoms with van der Waals surface area (Å²) in [6.07, 6.45) is 0. The molecule has 4 nitrogen and oxygen atoms in total. The summed E-state index contributed by atoms with van der Waals surface area (Å²) in [4.78, 5) is 12.8. The van der Waals surface area contributed by atoms with Crippen LogP contribution in [0.2, 0.25) is 0 Å². The van der Waals surface area contributed by atoms with Crippen LogP contribution < -0.4 is 13.9 Å². The normalized spacial score (nSPS) is 14.8. The van der Waals surface area contributed by atoms with Crippen molar-refractivity contribution in [3.8, 4) is 11.5 Å². The molecule has 0 aliphatic carbocycles. The molecule has 0 N–H and O–H groups in total. The molecule has 27 heavy (non-hydrogen) atoms. The molecule has 5 heteroatoms. The summed E-state index contributed by atoms with van der Waals surface area (Å²) in [7, 11) is 3.27. The van der Waals surface area contributed by atoms with Gasteiger partial charge in [0.1, 0.15) is 0 Å². The average Bonchev–Trinajstić information content (AvgIpc) is 2.74. The van der Waals surface area contributed by atoms with Crippen molar-refractivity contribution in [3.63, 3.8) is 0 Å². The van der Waals surface area contributed by atoms with Gasteiger partial charge in [0.25, 0.3) is 0 Å². The SMILES string of the molecule is COc1ccc(C2(c3ccc(OC)cc3)OC(=O)c3ccccc3[Se]2)cc1. The van der Waals surface area contributed by atoms with Crippen molar-refractivity contribution < 1.29 is 19.0 Å². The molecular formula is C22H18O4Se. The molecule has 0 unspecified atom stereocenters. The Kier molecular flexibility index (Phi) is 4.64. The first-order valence-electron chi connectivity index (χ1n) is 8.47. The van der Waals surface area contributed by atoms with Crippen LogP contribution in [-0.4, -0.2) is 35.1 Å². The number of rotatable bonds is 4. The van der Waals surface area contributed by atoms with Gasteiger partial charge in [-0.15, -0.1) is 0 Å². The summed E-state index contributed by atoms with van der Waals surface area (Å²) in [6, 6.07) is 23.1. The molecule has 3 aromatic carbocycles. The van der Waals surface area contributed by atoms with Crippen LogP contribution in [0.25, 0.3) is 0 Å². The van der Waals surface area contributed by atoms with E-state index >= 15 is 0 Å². The van der Waals surface area contributed by atoms with Gasteiger partial charge in [0.2, 0.25) is 0 Å². The van der Waals surface area contributed by atoms with E-state index in [2.05, 4.69) is 0 Å². The standard InChI is InChI=1S/C22H18O4Se/c1-24-17-11-7-15(8-12-17)22(16-9-13-18(25-2)14-10-16)26-21(23)19-5-3-4-6-20(19)27-22/h3-14H,1-2H3. The number of fused-ring (bicyclic) bond motifs is 1. The molecular weight excluding hydrogens is 407 g/mol. The van der Waals surface area contributed by atoms with Crippen LogP contribution in [0.4, 0.5) is 0 Å². The third-order valence-electron chi connectivity index (χ3n) is 4.54. The van der Waals surface area contributed by atoms with Gasteiger partial charge in [0.15, 0.2) is 0 Å². The van der Waals surface area contributed by atoms with Crippen LogP contribution in [0.5, 0.6) is 11.5 Å². The van der Waals surface area contributed by atoms with Crippen LogP contribution in [0.3, 0.4) is 0 Å². The van der Waals surface area contributed by atoms with Crippen molar-refractivity contribution in [1.82, 2.24) is 0 Å². The molecule has 0 atom stereocenters. The van der Waals surface area contributed by atoms with Gasteiger partial charge in [-0.05, 0) is 0 Å². The second-order valence-corrected chi connectivity index (χ2v) is 8.62. The summed E-state index contributed by atoms with van der Waals surface area (Å²) in [5.41, 5.74) is 2.50. The zero-order chi connectivity index (χ0) is 18.9. The molecule has 1 aliphatic heterocycles. The van der Waals surface area contributed by atoms with Crippen molar-refractivity contribution in [2.24, 2.45) is 0 Å². The number of hydrogen-bond acceptors (Lipinski definition) is 4. The third kappa shape index (κ3) is 3.09. The fraction of sp³-hybridized carbons (Fsp3) is 0.136. The second kappa shape index (κ2) is 7.10. The van der Waals surface area contributed by atoms with Crippen molar-refractivity contribution in [2.75, 3.05) is 14.2 Å². The van der Waals surface area contributed by atoms with Crippen LogP contribution >= 0.6 is 0 Å². The van der Waals surface area contributed by atoms with Gasteiger partial charge in [0, 0.05) is 0 Å². The van der Waals surface area contributed by atoms with E-state index < -0.39 is 4.50 Å². The van der Waals surface area contributed by atoms with Gasteiger partial charge < -0.3 is 0 Å². The topological polar surface area (TPSA) is 44.8 Å². The Labute approximate surface area is 164 Å². The number of benzene rings is 3. The quantitative estimate of drug-likeness (QED) is 0.476. The van der Waals surface area contributed by atoms with Gasteiger partial charge in [-0.2, -0.15) is 0 Å². The Hall–Kier alpha value is -2.75. The zero-order valence-corrected chi connectivity index (χ0v) is 16.7. The van der Waals surface area contributed by atoms with Crippen molar-refractivity contribution in [1.29, 1.82) is 0 Å². The van der Waals surface area contributed by atoms with Gasteiger partial charge >= 0.3 is 164 Å². The molecule has 1 heterocycles. The first-order chi connectivity index (χ1) is 13.2. The van der Waals surface area contributed by atoms with Crippen LogP contribution in [0.1, 0.15) is 21.5 Å². The Morgan fingerprint density at radius 3 is 1.81 bits per heavy atom. The van der Waals surface area contributed by atoms with E-state index in [4.69, 9.17) is 14.2 Å². The average molecular weight is 425 g/mol. The molecule has 0 fully saturated rings. The second-order valence-electron chi connectivity index (χ2n) is 6.06.